The summed E-state index contributed by atoms with van der Waals surface area (Å²) in [7, 11) is 1.29. The van der Waals surface area contributed by atoms with Gasteiger partial charge < -0.3 is 24.3 Å². The number of carbonyl (C=O) groups excluding carboxylic acids is 2. The number of benzene rings is 2. The van der Waals surface area contributed by atoms with Crippen molar-refractivity contribution in [1.29, 1.82) is 0 Å². The lowest BCUT2D eigenvalue weighted by Crippen LogP contribution is -2.14. The number of ether oxygens (including phenoxy) is 4. The number of cyclic esters (lactones) is 1. The number of hydrogen-bond acceptors (Lipinski definition) is 7. The minimum Gasteiger partial charge on any atom is -0.465 e. The van der Waals surface area contributed by atoms with E-state index in [4.69, 9.17) is 18.9 Å². The largest absolute Gasteiger partial charge is 0.465 e. The average Bonchev–Trinajstić information content (AvgIpc) is 3.18. The lowest BCUT2D eigenvalue weighted by molar-refractivity contribution is 0.0437. The van der Waals surface area contributed by atoms with Gasteiger partial charge in [0.25, 0.3) is 0 Å². The highest BCUT2D eigenvalue weighted by molar-refractivity contribution is 5.98. The van der Waals surface area contributed by atoms with Crippen LogP contribution < -0.4 is 14.8 Å². The molecule has 4 rings (SSSR count). The molecule has 7 nitrogen and oxygen atoms in total. The summed E-state index contributed by atoms with van der Waals surface area (Å²) in [5.74, 6) is 0.0180. The van der Waals surface area contributed by atoms with Gasteiger partial charge in [-0.3, -0.25) is 0 Å². The summed E-state index contributed by atoms with van der Waals surface area (Å²) in [6, 6.07) is 10.2. The summed E-state index contributed by atoms with van der Waals surface area (Å²) in [4.78, 5) is 24.0. The molecule has 24 heavy (non-hydrogen) atoms. The molecule has 0 aliphatic carbocycles. The molecule has 122 valence electrons. The van der Waals surface area contributed by atoms with E-state index in [-0.39, 0.29) is 12.4 Å². The van der Waals surface area contributed by atoms with Crippen molar-refractivity contribution in [3.63, 3.8) is 0 Å². The number of hydrogen-bond donors (Lipinski definition) is 1. The fourth-order valence-corrected chi connectivity index (χ4v) is 2.73. The Morgan fingerprint density at radius 1 is 1.21 bits per heavy atom. The third-order valence-corrected chi connectivity index (χ3v) is 3.89. The van der Waals surface area contributed by atoms with Gasteiger partial charge in [-0.15, -0.1) is 0 Å². The molecule has 0 saturated heterocycles. The van der Waals surface area contributed by atoms with Gasteiger partial charge in [0.2, 0.25) is 13.0 Å². The van der Waals surface area contributed by atoms with Crippen LogP contribution in [0.25, 0.3) is 0 Å². The van der Waals surface area contributed by atoms with Crippen LogP contribution in [0.2, 0.25) is 0 Å². The van der Waals surface area contributed by atoms with E-state index in [1.165, 1.54) is 7.11 Å². The SMILES string of the molecule is COC(=O)c1cc2c(cc1NC1OC(=O)c3ccccc31)OCO2. The molecule has 0 spiro atoms. The molecule has 0 amide bonds. The molecule has 0 radical (unpaired) electrons. The molecular formula is C17H13NO6. The molecule has 2 aromatic rings. The molecule has 0 saturated carbocycles. The van der Waals surface area contributed by atoms with E-state index >= 15 is 0 Å². The minimum atomic E-state index is -0.697. The molecule has 2 aromatic carbocycles. The lowest BCUT2D eigenvalue weighted by Gasteiger charge is -2.17. The van der Waals surface area contributed by atoms with Gasteiger partial charge in [0, 0.05) is 17.7 Å². The Bertz CT molecular complexity index is 847. The zero-order valence-corrected chi connectivity index (χ0v) is 12.7. The Labute approximate surface area is 137 Å². The smallest absolute Gasteiger partial charge is 0.340 e. The van der Waals surface area contributed by atoms with Gasteiger partial charge in [0.1, 0.15) is 0 Å². The lowest BCUT2D eigenvalue weighted by atomic mass is 10.1. The van der Waals surface area contributed by atoms with E-state index in [1.807, 2.05) is 6.07 Å². The van der Waals surface area contributed by atoms with E-state index < -0.39 is 18.2 Å². The summed E-state index contributed by atoms with van der Waals surface area (Å²) in [6.07, 6.45) is -0.697. The van der Waals surface area contributed by atoms with Gasteiger partial charge in [-0.05, 0) is 6.07 Å². The summed E-state index contributed by atoms with van der Waals surface area (Å²) < 4.78 is 20.8. The van der Waals surface area contributed by atoms with E-state index in [1.54, 1.807) is 30.3 Å². The molecule has 1 unspecified atom stereocenters. The molecule has 0 aromatic heterocycles. The van der Waals surface area contributed by atoms with Crippen molar-refractivity contribution in [3.05, 3.63) is 53.1 Å². The van der Waals surface area contributed by atoms with Gasteiger partial charge in [0.05, 0.1) is 23.9 Å². The zero-order valence-electron chi connectivity index (χ0n) is 12.7. The molecule has 2 heterocycles. The Hall–Kier alpha value is -3.22. The molecule has 0 bridgehead atoms. The third kappa shape index (κ3) is 2.21. The maximum atomic E-state index is 12.1. The van der Waals surface area contributed by atoms with Crippen molar-refractivity contribution in [2.24, 2.45) is 0 Å². The highest BCUT2D eigenvalue weighted by atomic mass is 16.7. The standard InChI is InChI=1S/C17H13NO6/c1-21-16(19)11-6-13-14(23-8-22-13)7-12(11)18-15-9-4-2-3-5-10(9)17(20)24-15/h2-7,15,18H,8H2,1H3. The molecule has 0 fully saturated rings. The third-order valence-electron chi connectivity index (χ3n) is 3.89. The molecule has 2 aliphatic heterocycles. The summed E-state index contributed by atoms with van der Waals surface area (Å²) in [5.41, 5.74) is 1.90. The zero-order chi connectivity index (χ0) is 16.7. The highest BCUT2D eigenvalue weighted by Gasteiger charge is 2.32. The van der Waals surface area contributed by atoms with Crippen molar-refractivity contribution in [1.82, 2.24) is 0 Å². The van der Waals surface area contributed by atoms with Crippen LogP contribution in [-0.4, -0.2) is 25.8 Å². The average molecular weight is 327 g/mol. The van der Waals surface area contributed by atoms with E-state index in [0.29, 0.717) is 28.3 Å². The number of anilines is 1. The van der Waals surface area contributed by atoms with Gasteiger partial charge in [-0.1, -0.05) is 18.2 Å². The second kappa shape index (κ2) is 5.45. The van der Waals surface area contributed by atoms with Crippen LogP contribution in [0.1, 0.15) is 32.5 Å². The fraction of sp³-hybridized carbons (Fsp3) is 0.176. The number of nitrogens with one attached hydrogen (secondary N) is 1. The van der Waals surface area contributed by atoms with Crippen molar-refractivity contribution in [2.75, 3.05) is 19.2 Å². The monoisotopic (exact) mass is 327 g/mol. The molecule has 2 aliphatic rings. The van der Waals surface area contributed by atoms with Crippen LogP contribution >= 0.6 is 0 Å². The van der Waals surface area contributed by atoms with Gasteiger partial charge in [-0.25, -0.2) is 9.59 Å². The second-order valence-electron chi connectivity index (χ2n) is 5.26. The van der Waals surface area contributed by atoms with Crippen molar-refractivity contribution < 1.29 is 28.5 Å². The van der Waals surface area contributed by atoms with Gasteiger partial charge >= 0.3 is 11.9 Å². The minimum absolute atomic E-state index is 0.0840. The van der Waals surface area contributed by atoms with Crippen LogP contribution in [0.15, 0.2) is 36.4 Å². The maximum Gasteiger partial charge on any atom is 0.340 e. The summed E-state index contributed by atoms with van der Waals surface area (Å²) in [6.45, 7) is 0.0840. The van der Waals surface area contributed by atoms with Crippen LogP contribution in [0.3, 0.4) is 0 Å². The fourth-order valence-electron chi connectivity index (χ4n) is 2.73. The molecular weight excluding hydrogens is 314 g/mol. The van der Waals surface area contributed by atoms with E-state index in [9.17, 15) is 9.59 Å². The summed E-state index contributed by atoms with van der Waals surface area (Å²) in [5, 5.41) is 3.06. The summed E-state index contributed by atoms with van der Waals surface area (Å²) >= 11 is 0. The Morgan fingerprint density at radius 3 is 2.75 bits per heavy atom. The predicted octanol–water partition coefficient (Wildman–Crippen LogP) is 2.48. The first kappa shape index (κ1) is 14.4. The predicted molar refractivity (Wildman–Crippen MR) is 82.1 cm³/mol. The normalized spacial score (nSPS) is 17.2. The van der Waals surface area contributed by atoms with Crippen molar-refractivity contribution >= 4 is 17.6 Å². The van der Waals surface area contributed by atoms with Gasteiger partial charge in [-0.2, -0.15) is 0 Å². The Balaban J connectivity index is 1.72. The molecule has 7 heteroatoms. The number of methoxy groups -OCH3 is 1. The quantitative estimate of drug-likeness (QED) is 0.867. The highest BCUT2D eigenvalue weighted by Crippen LogP contribution is 2.39. The van der Waals surface area contributed by atoms with Crippen LogP contribution in [0.4, 0.5) is 5.69 Å². The van der Waals surface area contributed by atoms with E-state index in [2.05, 4.69) is 5.32 Å². The Kier molecular flexibility index (Phi) is 3.26. The number of esters is 2. The number of fused-ring (bicyclic) bond motifs is 2. The molecule has 1 N–H and O–H groups in total. The van der Waals surface area contributed by atoms with E-state index in [0.717, 1.165) is 0 Å². The van der Waals surface area contributed by atoms with Crippen LogP contribution in [0.5, 0.6) is 11.5 Å². The second-order valence-corrected chi connectivity index (χ2v) is 5.26. The number of carbonyl (C=O) groups is 2. The number of rotatable bonds is 3. The Morgan fingerprint density at radius 2 is 1.96 bits per heavy atom. The maximum absolute atomic E-state index is 12.1. The van der Waals surface area contributed by atoms with Crippen LogP contribution in [-0.2, 0) is 9.47 Å². The topological polar surface area (TPSA) is 83.1 Å². The van der Waals surface area contributed by atoms with Crippen molar-refractivity contribution in [2.45, 2.75) is 6.23 Å². The first-order valence-electron chi connectivity index (χ1n) is 7.26. The first-order chi connectivity index (χ1) is 11.7. The van der Waals surface area contributed by atoms with Gasteiger partial charge in [0.15, 0.2) is 11.5 Å². The van der Waals surface area contributed by atoms with Crippen molar-refractivity contribution in [3.8, 4) is 11.5 Å². The van der Waals surface area contributed by atoms with Crippen LogP contribution in [0, 0.1) is 0 Å². The first-order valence-corrected chi connectivity index (χ1v) is 7.26. The molecule has 1 atom stereocenters.